The maximum Gasteiger partial charge on any atom is 0.343 e. The lowest BCUT2D eigenvalue weighted by Crippen LogP contribution is -2.39. The van der Waals surface area contributed by atoms with E-state index in [0.717, 1.165) is 17.7 Å². The molecule has 4 rings (SSSR count). The van der Waals surface area contributed by atoms with Crippen LogP contribution in [0.2, 0.25) is 5.02 Å². The highest BCUT2D eigenvalue weighted by molar-refractivity contribution is 6.32. The summed E-state index contributed by atoms with van der Waals surface area (Å²) in [5.41, 5.74) is -1.80. The molecule has 1 aliphatic carbocycles. The zero-order chi connectivity index (χ0) is 18.5. The molecule has 1 atom stereocenters. The van der Waals surface area contributed by atoms with E-state index in [1.807, 2.05) is 6.07 Å². The Kier molecular flexibility index (Phi) is 3.95. The molecule has 0 spiro atoms. The minimum atomic E-state index is -2.42. The summed E-state index contributed by atoms with van der Waals surface area (Å²) in [5, 5.41) is 13.8. The molecule has 136 valence electrons. The fourth-order valence-corrected chi connectivity index (χ4v) is 3.30. The molecular weight excluding hydrogens is 363 g/mol. The van der Waals surface area contributed by atoms with E-state index in [-0.39, 0.29) is 24.7 Å². The molecular formula is C17H16ClFN4O3. The lowest BCUT2D eigenvalue weighted by Gasteiger charge is -2.16. The van der Waals surface area contributed by atoms with Crippen LogP contribution >= 0.6 is 11.6 Å². The Labute approximate surface area is 153 Å². The van der Waals surface area contributed by atoms with Crippen molar-refractivity contribution in [3.8, 4) is 5.69 Å². The number of halogens is 2. The zero-order valence-electron chi connectivity index (χ0n) is 13.7. The number of carboxylic acids is 1. The van der Waals surface area contributed by atoms with Gasteiger partial charge in [0.25, 0.3) is 5.91 Å². The molecule has 26 heavy (non-hydrogen) atoms. The third kappa shape index (κ3) is 2.84. The standard InChI is InChI=1S/C17H16ClFN4O3/c18-11-3-1-2-4-12(11)23-14(10-5-6-10)20-13(21-23)15(24)22-8-7-17(19,9-22)16(25)26/h1-4,10H,5-9H2,(H,25,26). The van der Waals surface area contributed by atoms with E-state index in [9.17, 15) is 14.0 Å². The number of para-hydroxylation sites is 1. The molecule has 2 aliphatic rings. The number of carboxylic acid groups (broad SMARTS) is 1. The summed E-state index contributed by atoms with van der Waals surface area (Å²) in [4.78, 5) is 29.2. The summed E-state index contributed by atoms with van der Waals surface area (Å²) in [6, 6.07) is 7.11. The minimum absolute atomic E-state index is 0.0149. The Balaban J connectivity index is 1.66. The SMILES string of the molecule is O=C(c1nc(C2CC2)n(-c2ccccc2Cl)n1)N1CCC(F)(C(=O)O)C1. The average molecular weight is 379 g/mol. The second kappa shape index (κ2) is 6.05. The Morgan fingerprint density at radius 2 is 2.04 bits per heavy atom. The van der Waals surface area contributed by atoms with Gasteiger partial charge < -0.3 is 10.0 Å². The number of rotatable bonds is 4. The smallest absolute Gasteiger partial charge is 0.343 e. The first kappa shape index (κ1) is 17.0. The molecule has 1 aromatic carbocycles. The quantitative estimate of drug-likeness (QED) is 0.882. The first-order chi connectivity index (χ1) is 12.4. The fraction of sp³-hybridized carbons (Fsp3) is 0.412. The van der Waals surface area contributed by atoms with Gasteiger partial charge >= 0.3 is 5.97 Å². The van der Waals surface area contributed by atoms with Gasteiger partial charge in [0, 0.05) is 18.9 Å². The van der Waals surface area contributed by atoms with Gasteiger partial charge in [0.1, 0.15) is 5.82 Å². The average Bonchev–Trinajstić information content (AvgIpc) is 3.23. The predicted molar refractivity (Wildman–Crippen MR) is 90.3 cm³/mol. The summed E-state index contributed by atoms with van der Waals surface area (Å²) in [6.45, 7) is -0.485. The van der Waals surface area contributed by atoms with Crippen molar-refractivity contribution in [1.29, 1.82) is 0 Å². The Bertz CT molecular complexity index is 898. The predicted octanol–water partition coefficient (Wildman–Crippen LogP) is 2.44. The maximum absolute atomic E-state index is 14.2. The van der Waals surface area contributed by atoms with Crippen LogP contribution in [0.25, 0.3) is 5.69 Å². The van der Waals surface area contributed by atoms with Crippen LogP contribution in [-0.2, 0) is 4.79 Å². The van der Waals surface area contributed by atoms with Gasteiger partial charge in [-0.3, -0.25) is 4.79 Å². The molecule has 1 aromatic heterocycles. The number of benzene rings is 1. The van der Waals surface area contributed by atoms with Gasteiger partial charge in [-0.05, 0) is 25.0 Å². The monoisotopic (exact) mass is 378 g/mol. The van der Waals surface area contributed by atoms with Crippen molar-refractivity contribution in [3.05, 3.63) is 40.9 Å². The van der Waals surface area contributed by atoms with Gasteiger partial charge in [0.05, 0.1) is 17.3 Å². The number of alkyl halides is 1. The molecule has 1 amide bonds. The summed E-state index contributed by atoms with van der Waals surface area (Å²) in [6.07, 6.45) is 1.66. The summed E-state index contributed by atoms with van der Waals surface area (Å²) >= 11 is 6.25. The number of carbonyl (C=O) groups is 2. The third-order valence-electron chi connectivity index (χ3n) is 4.74. The van der Waals surface area contributed by atoms with Crippen LogP contribution in [0.15, 0.2) is 24.3 Å². The Morgan fingerprint density at radius 3 is 2.65 bits per heavy atom. The number of aliphatic carboxylic acids is 1. The lowest BCUT2D eigenvalue weighted by molar-refractivity contribution is -0.149. The van der Waals surface area contributed by atoms with Gasteiger partial charge in [-0.1, -0.05) is 23.7 Å². The second-order valence-corrected chi connectivity index (χ2v) is 7.09. The van der Waals surface area contributed by atoms with Gasteiger partial charge in [0.15, 0.2) is 0 Å². The van der Waals surface area contributed by atoms with Crippen LogP contribution in [0.1, 0.15) is 41.6 Å². The molecule has 9 heteroatoms. The summed E-state index contributed by atoms with van der Waals surface area (Å²) in [7, 11) is 0. The number of carbonyl (C=O) groups excluding carboxylic acids is 1. The highest BCUT2D eigenvalue weighted by atomic mass is 35.5. The molecule has 1 saturated heterocycles. The maximum atomic E-state index is 14.2. The molecule has 2 aromatic rings. The molecule has 1 aliphatic heterocycles. The number of amides is 1. The Morgan fingerprint density at radius 1 is 1.31 bits per heavy atom. The van der Waals surface area contributed by atoms with E-state index in [1.54, 1.807) is 22.9 Å². The van der Waals surface area contributed by atoms with Crippen molar-refractivity contribution in [2.75, 3.05) is 13.1 Å². The van der Waals surface area contributed by atoms with Crippen molar-refractivity contribution >= 4 is 23.5 Å². The number of hydrogen-bond acceptors (Lipinski definition) is 4. The van der Waals surface area contributed by atoms with E-state index in [1.165, 1.54) is 0 Å². The third-order valence-corrected chi connectivity index (χ3v) is 5.06. The van der Waals surface area contributed by atoms with Crippen molar-refractivity contribution in [2.45, 2.75) is 30.8 Å². The molecule has 2 heterocycles. The van der Waals surface area contributed by atoms with E-state index in [2.05, 4.69) is 10.1 Å². The Hall–Kier alpha value is -2.48. The molecule has 0 bridgehead atoms. The number of nitrogens with zero attached hydrogens (tertiary/aromatic N) is 4. The molecule has 7 nitrogen and oxygen atoms in total. The van der Waals surface area contributed by atoms with E-state index in [4.69, 9.17) is 16.7 Å². The van der Waals surface area contributed by atoms with Gasteiger partial charge in [-0.2, -0.15) is 0 Å². The second-order valence-electron chi connectivity index (χ2n) is 6.68. The molecule has 1 unspecified atom stereocenters. The largest absolute Gasteiger partial charge is 0.479 e. The van der Waals surface area contributed by atoms with Gasteiger partial charge in [-0.15, -0.1) is 5.10 Å². The molecule has 1 N–H and O–H groups in total. The molecule has 1 saturated carbocycles. The van der Waals surface area contributed by atoms with E-state index >= 15 is 0 Å². The minimum Gasteiger partial charge on any atom is -0.479 e. The highest BCUT2D eigenvalue weighted by Crippen LogP contribution is 2.40. The number of aromatic nitrogens is 3. The van der Waals surface area contributed by atoms with Crippen molar-refractivity contribution in [3.63, 3.8) is 0 Å². The van der Waals surface area contributed by atoms with Crippen LogP contribution < -0.4 is 0 Å². The summed E-state index contributed by atoms with van der Waals surface area (Å²) < 4.78 is 15.8. The van der Waals surface area contributed by atoms with Crippen molar-refractivity contribution < 1.29 is 19.1 Å². The van der Waals surface area contributed by atoms with Crippen LogP contribution in [0.3, 0.4) is 0 Å². The van der Waals surface area contributed by atoms with Gasteiger partial charge in [0.2, 0.25) is 11.5 Å². The highest BCUT2D eigenvalue weighted by Gasteiger charge is 2.47. The first-order valence-corrected chi connectivity index (χ1v) is 8.70. The topological polar surface area (TPSA) is 88.3 Å². The van der Waals surface area contributed by atoms with Crippen LogP contribution in [0, 0.1) is 0 Å². The fourth-order valence-electron chi connectivity index (χ4n) is 3.08. The van der Waals surface area contributed by atoms with Crippen molar-refractivity contribution in [1.82, 2.24) is 19.7 Å². The van der Waals surface area contributed by atoms with E-state index < -0.39 is 24.1 Å². The number of likely N-dealkylation sites (tertiary alicyclic amines) is 1. The lowest BCUT2D eigenvalue weighted by atomic mass is 10.1. The van der Waals surface area contributed by atoms with Gasteiger partial charge in [-0.25, -0.2) is 18.9 Å². The zero-order valence-corrected chi connectivity index (χ0v) is 14.5. The van der Waals surface area contributed by atoms with Crippen LogP contribution in [0.4, 0.5) is 4.39 Å². The molecule has 2 fully saturated rings. The normalized spacial score (nSPS) is 22.6. The summed E-state index contributed by atoms with van der Waals surface area (Å²) in [5.74, 6) is -1.34. The van der Waals surface area contributed by atoms with Crippen LogP contribution in [0.5, 0.6) is 0 Å². The number of hydrogen-bond donors (Lipinski definition) is 1. The van der Waals surface area contributed by atoms with Crippen LogP contribution in [-0.4, -0.2) is 55.4 Å². The van der Waals surface area contributed by atoms with E-state index in [0.29, 0.717) is 16.5 Å². The first-order valence-electron chi connectivity index (χ1n) is 8.32. The van der Waals surface area contributed by atoms with Crippen molar-refractivity contribution in [2.24, 2.45) is 0 Å². The molecule has 0 radical (unpaired) electrons.